The maximum absolute atomic E-state index is 11.1. The maximum Gasteiger partial charge on any atom is 0.325 e. The van der Waals surface area contributed by atoms with Crippen molar-refractivity contribution >= 4 is 5.97 Å². The van der Waals surface area contributed by atoms with Crippen molar-refractivity contribution in [1.82, 2.24) is 5.32 Å². The third kappa shape index (κ3) is 2.42. The minimum absolute atomic E-state index is 0.00275. The molecule has 1 fully saturated rings. The van der Waals surface area contributed by atoms with Crippen LogP contribution < -0.4 is 5.32 Å². The smallest absolute Gasteiger partial charge is 0.325 e. The SMILES string of the molecule is COC(=O)[C@@H]1CO[C@H](C(C)(C)C)N1. The maximum atomic E-state index is 11.1. The van der Waals surface area contributed by atoms with E-state index in [1.165, 1.54) is 7.11 Å². The van der Waals surface area contributed by atoms with Gasteiger partial charge in [-0.25, -0.2) is 0 Å². The molecule has 0 unspecified atom stereocenters. The molecule has 1 rings (SSSR count). The summed E-state index contributed by atoms with van der Waals surface area (Å²) in [5.41, 5.74) is 0.00275. The van der Waals surface area contributed by atoms with E-state index in [1.807, 2.05) is 0 Å². The van der Waals surface area contributed by atoms with Crippen molar-refractivity contribution < 1.29 is 14.3 Å². The van der Waals surface area contributed by atoms with Gasteiger partial charge in [-0.2, -0.15) is 0 Å². The third-order valence-electron chi connectivity index (χ3n) is 2.05. The number of hydrogen-bond donors (Lipinski definition) is 1. The molecular weight excluding hydrogens is 170 g/mol. The average molecular weight is 187 g/mol. The molecule has 0 aromatic rings. The van der Waals surface area contributed by atoms with Crippen LogP contribution in [0, 0.1) is 5.41 Å². The summed E-state index contributed by atoms with van der Waals surface area (Å²) in [7, 11) is 1.38. The normalized spacial score (nSPS) is 28.9. The van der Waals surface area contributed by atoms with Gasteiger partial charge in [0.25, 0.3) is 0 Å². The van der Waals surface area contributed by atoms with Gasteiger partial charge in [-0.3, -0.25) is 10.1 Å². The second kappa shape index (κ2) is 3.64. The number of hydrogen-bond acceptors (Lipinski definition) is 4. The Labute approximate surface area is 78.6 Å². The predicted molar refractivity (Wildman–Crippen MR) is 48.1 cm³/mol. The minimum Gasteiger partial charge on any atom is -0.468 e. The van der Waals surface area contributed by atoms with Gasteiger partial charge < -0.3 is 9.47 Å². The van der Waals surface area contributed by atoms with Crippen molar-refractivity contribution in [2.45, 2.75) is 33.0 Å². The highest BCUT2D eigenvalue weighted by molar-refractivity contribution is 5.76. The molecule has 1 saturated heterocycles. The van der Waals surface area contributed by atoms with E-state index in [9.17, 15) is 4.79 Å². The molecule has 0 aliphatic carbocycles. The van der Waals surface area contributed by atoms with Crippen molar-refractivity contribution in [3.8, 4) is 0 Å². The Kier molecular flexibility index (Phi) is 2.93. The summed E-state index contributed by atoms with van der Waals surface area (Å²) in [6.07, 6.45) is -0.0726. The van der Waals surface area contributed by atoms with Gasteiger partial charge in [-0.05, 0) is 0 Å². The molecule has 4 nitrogen and oxygen atoms in total. The van der Waals surface area contributed by atoms with E-state index in [4.69, 9.17) is 4.74 Å². The number of ether oxygens (including phenoxy) is 2. The van der Waals surface area contributed by atoms with Gasteiger partial charge in [0.15, 0.2) is 0 Å². The number of methoxy groups -OCH3 is 1. The van der Waals surface area contributed by atoms with Crippen molar-refractivity contribution in [1.29, 1.82) is 0 Å². The van der Waals surface area contributed by atoms with Gasteiger partial charge in [-0.15, -0.1) is 0 Å². The first-order valence-electron chi connectivity index (χ1n) is 4.40. The average Bonchev–Trinajstić information content (AvgIpc) is 2.50. The lowest BCUT2D eigenvalue weighted by atomic mass is 9.94. The van der Waals surface area contributed by atoms with Crippen LogP contribution in [0.1, 0.15) is 20.8 Å². The van der Waals surface area contributed by atoms with E-state index < -0.39 is 0 Å². The first-order valence-corrected chi connectivity index (χ1v) is 4.40. The zero-order chi connectivity index (χ0) is 10.1. The predicted octanol–water partition coefficient (Wildman–Crippen LogP) is 0.520. The largest absolute Gasteiger partial charge is 0.468 e. The van der Waals surface area contributed by atoms with Gasteiger partial charge in [0.05, 0.1) is 13.7 Å². The number of carbonyl (C=O) groups excluding carboxylic acids is 1. The van der Waals surface area contributed by atoms with Crippen LogP contribution in [0.15, 0.2) is 0 Å². The lowest BCUT2D eigenvalue weighted by molar-refractivity contribution is -0.142. The van der Waals surface area contributed by atoms with Crippen LogP contribution in [0.2, 0.25) is 0 Å². The summed E-state index contributed by atoms with van der Waals surface area (Å²) in [6.45, 7) is 6.58. The third-order valence-corrected chi connectivity index (χ3v) is 2.05. The Morgan fingerprint density at radius 3 is 2.54 bits per heavy atom. The zero-order valence-electron chi connectivity index (χ0n) is 8.59. The Morgan fingerprint density at radius 1 is 1.54 bits per heavy atom. The molecule has 0 saturated carbocycles. The summed E-state index contributed by atoms with van der Waals surface area (Å²) < 4.78 is 10.1. The second-order valence-corrected chi connectivity index (χ2v) is 4.32. The number of rotatable bonds is 1. The molecule has 0 bridgehead atoms. The van der Waals surface area contributed by atoms with Crippen molar-refractivity contribution in [2.24, 2.45) is 5.41 Å². The molecule has 0 aromatic carbocycles. The fourth-order valence-electron chi connectivity index (χ4n) is 1.25. The first-order chi connectivity index (χ1) is 5.95. The number of carbonyl (C=O) groups is 1. The van der Waals surface area contributed by atoms with E-state index in [0.29, 0.717) is 6.61 Å². The van der Waals surface area contributed by atoms with E-state index in [2.05, 4.69) is 30.8 Å². The molecule has 0 radical (unpaired) electrons. The van der Waals surface area contributed by atoms with E-state index in [-0.39, 0.29) is 23.7 Å². The Balaban J connectivity index is 2.50. The van der Waals surface area contributed by atoms with Crippen molar-refractivity contribution in [3.63, 3.8) is 0 Å². The summed E-state index contributed by atoms with van der Waals surface area (Å²) in [5.74, 6) is -0.258. The lowest BCUT2D eigenvalue weighted by Gasteiger charge is -2.26. The fourth-order valence-corrected chi connectivity index (χ4v) is 1.25. The quantitative estimate of drug-likeness (QED) is 0.608. The van der Waals surface area contributed by atoms with Gasteiger partial charge in [-0.1, -0.05) is 20.8 Å². The molecule has 1 aliphatic heterocycles. The second-order valence-electron chi connectivity index (χ2n) is 4.32. The molecule has 76 valence electrons. The lowest BCUT2D eigenvalue weighted by Crippen LogP contribution is -2.43. The summed E-state index contributed by atoms with van der Waals surface area (Å²) >= 11 is 0. The van der Waals surface area contributed by atoms with Crippen LogP contribution >= 0.6 is 0 Å². The molecule has 1 heterocycles. The van der Waals surface area contributed by atoms with Crippen molar-refractivity contribution in [2.75, 3.05) is 13.7 Å². The Morgan fingerprint density at radius 2 is 2.15 bits per heavy atom. The molecule has 4 heteroatoms. The van der Waals surface area contributed by atoms with Crippen LogP contribution in [0.3, 0.4) is 0 Å². The molecule has 0 amide bonds. The summed E-state index contributed by atoms with van der Waals surface area (Å²) in [5, 5.41) is 3.08. The molecular formula is C9H17NO3. The van der Waals surface area contributed by atoms with Crippen LogP contribution in [0.25, 0.3) is 0 Å². The zero-order valence-corrected chi connectivity index (χ0v) is 8.59. The van der Waals surface area contributed by atoms with Gasteiger partial charge >= 0.3 is 5.97 Å². The Hall–Kier alpha value is -0.610. The number of esters is 1. The van der Waals surface area contributed by atoms with E-state index >= 15 is 0 Å². The van der Waals surface area contributed by atoms with Gasteiger partial charge in [0, 0.05) is 5.41 Å². The van der Waals surface area contributed by atoms with Crippen LogP contribution in [-0.2, 0) is 14.3 Å². The van der Waals surface area contributed by atoms with Gasteiger partial charge in [0.1, 0.15) is 12.3 Å². The van der Waals surface area contributed by atoms with Crippen LogP contribution in [0.5, 0.6) is 0 Å². The molecule has 2 atom stereocenters. The van der Waals surface area contributed by atoms with E-state index in [0.717, 1.165) is 0 Å². The molecule has 1 N–H and O–H groups in total. The molecule has 13 heavy (non-hydrogen) atoms. The Bertz CT molecular complexity index is 198. The highest BCUT2D eigenvalue weighted by atomic mass is 16.5. The topological polar surface area (TPSA) is 47.6 Å². The first kappa shape index (κ1) is 10.5. The van der Waals surface area contributed by atoms with Gasteiger partial charge in [0.2, 0.25) is 0 Å². The van der Waals surface area contributed by atoms with Crippen molar-refractivity contribution in [3.05, 3.63) is 0 Å². The molecule has 0 aromatic heterocycles. The molecule has 1 aliphatic rings. The molecule has 0 spiro atoms. The monoisotopic (exact) mass is 187 g/mol. The highest BCUT2D eigenvalue weighted by Gasteiger charge is 2.36. The highest BCUT2D eigenvalue weighted by Crippen LogP contribution is 2.24. The van der Waals surface area contributed by atoms with Crippen LogP contribution in [-0.4, -0.2) is 32.0 Å². The summed E-state index contributed by atoms with van der Waals surface area (Å²) in [4.78, 5) is 11.1. The standard InChI is InChI=1S/C9H17NO3/c1-9(2,3)8-10-6(5-13-8)7(11)12-4/h6,8,10H,5H2,1-4H3/t6-,8+/m0/s1. The summed E-state index contributed by atoms with van der Waals surface area (Å²) in [6, 6.07) is -0.311. The van der Waals surface area contributed by atoms with E-state index in [1.54, 1.807) is 0 Å². The minimum atomic E-state index is -0.311. The number of nitrogens with one attached hydrogen (secondary N) is 1. The fraction of sp³-hybridized carbons (Fsp3) is 0.889. The van der Waals surface area contributed by atoms with Crippen LogP contribution in [0.4, 0.5) is 0 Å².